The van der Waals surface area contributed by atoms with Crippen LogP contribution in [-0.2, 0) is 4.79 Å². The molecule has 79 valence electrons. The van der Waals surface area contributed by atoms with Gasteiger partial charge in [-0.1, -0.05) is 6.07 Å². The normalized spacial score (nSPS) is 14.7. The zero-order valence-electron chi connectivity index (χ0n) is 8.75. The van der Waals surface area contributed by atoms with Gasteiger partial charge in [0, 0.05) is 6.92 Å². The first-order valence-corrected chi connectivity index (χ1v) is 5.16. The first kappa shape index (κ1) is 10.0. The maximum absolute atomic E-state index is 10.9. The SMILES string of the molecule is CC(=O)Nc1cc[c]cc1OCC1CC1. The largest absolute Gasteiger partial charge is 0.491 e. The van der Waals surface area contributed by atoms with E-state index >= 15 is 0 Å². The van der Waals surface area contributed by atoms with Crippen LogP contribution in [0.5, 0.6) is 5.75 Å². The summed E-state index contributed by atoms with van der Waals surface area (Å²) >= 11 is 0. The van der Waals surface area contributed by atoms with E-state index in [9.17, 15) is 4.79 Å². The average molecular weight is 204 g/mol. The lowest BCUT2D eigenvalue weighted by Crippen LogP contribution is -2.08. The second kappa shape index (κ2) is 4.34. The summed E-state index contributed by atoms with van der Waals surface area (Å²) < 4.78 is 5.62. The third kappa shape index (κ3) is 2.98. The number of carbonyl (C=O) groups excluding carboxylic acids is 1. The maximum atomic E-state index is 10.9. The van der Waals surface area contributed by atoms with Crippen molar-refractivity contribution in [2.24, 2.45) is 5.92 Å². The number of nitrogens with one attached hydrogen (secondary N) is 1. The molecule has 0 heterocycles. The molecule has 3 nitrogen and oxygen atoms in total. The number of amides is 1. The number of hydrogen-bond donors (Lipinski definition) is 1. The molecule has 0 aliphatic heterocycles. The number of ether oxygens (including phenoxy) is 1. The molecule has 0 aromatic heterocycles. The molecule has 1 aliphatic rings. The minimum absolute atomic E-state index is 0.0857. The van der Waals surface area contributed by atoms with E-state index in [0.29, 0.717) is 11.7 Å². The molecule has 0 spiro atoms. The second-order valence-corrected chi connectivity index (χ2v) is 3.86. The van der Waals surface area contributed by atoms with Crippen molar-refractivity contribution < 1.29 is 9.53 Å². The van der Waals surface area contributed by atoms with E-state index in [0.717, 1.165) is 12.3 Å². The Morgan fingerprint density at radius 3 is 3.13 bits per heavy atom. The first-order chi connectivity index (χ1) is 7.25. The highest BCUT2D eigenvalue weighted by Gasteiger charge is 2.22. The highest BCUT2D eigenvalue weighted by Crippen LogP contribution is 2.31. The average Bonchev–Trinajstić information content (AvgIpc) is 2.99. The molecule has 1 radical (unpaired) electrons. The Labute approximate surface area is 89.4 Å². The van der Waals surface area contributed by atoms with Crippen LogP contribution in [-0.4, -0.2) is 12.5 Å². The summed E-state index contributed by atoms with van der Waals surface area (Å²) in [6.07, 6.45) is 2.51. The Kier molecular flexibility index (Phi) is 2.90. The van der Waals surface area contributed by atoms with Crippen molar-refractivity contribution in [2.75, 3.05) is 11.9 Å². The zero-order valence-corrected chi connectivity index (χ0v) is 8.75. The lowest BCUT2D eigenvalue weighted by Gasteiger charge is -2.10. The van der Waals surface area contributed by atoms with Crippen molar-refractivity contribution in [3.05, 3.63) is 24.3 Å². The Bertz CT molecular complexity index is 358. The molecule has 1 aromatic rings. The minimum Gasteiger partial charge on any atom is -0.491 e. The van der Waals surface area contributed by atoms with Crippen LogP contribution in [0.25, 0.3) is 0 Å². The predicted octanol–water partition coefficient (Wildman–Crippen LogP) is 2.23. The Morgan fingerprint density at radius 2 is 2.47 bits per heavy atom. The Hall–Kier alpha value is -1.51. The Morgan fingerprint density at radius 1 is 1.67 bits per heavy atom. The number of rotatable bonds is 4. The molecule has 0 unspecified atom stereocenters. The molecule has 2 rings (SSSR count). The van der Waals surface area contributed by atoms with Crippen LogP contribution in [0.3, 0.4) is 0 Å². The fourth-order valence-corrected chi connectivity index (χ4v) is 1.32. The first-order valence-electron chi connectivity index (χ1n) is 5.16. The van der Waals surface area contributed by atoms with Gasteiger partial charge in [0.1, 0.15) is 5.75 Å². The maximum Gasteiger partial charge on any atom is 0.221 e. The smallest absolute Gasteiger partial charge is 0.221 e. The summed E-state index contributed by atoms with van der Waals surface area (Å²) in [4.78, 5) is 10.9. The standard InChI is InChI=1S/C12H14NO2/c1-9(14)13-11-4-2-3-5-12(11)15-8-10-6-7-10/h2,4-5,10H,6-8H2,1H3,(H,13,14). The van der Waals surface area contributed by atoms with E-state index in [1.54, 1.807) is 18.2 Å². The molecule has 0 atom stereocenters. The van der Waals surface area contributed by atoms with E-state index in [-0.39, 0.29) is 5.91 Å². The number of carbonyl (C=O) groups is 1. The summed E-state index contributed by atoms with van der Waals surface area (Å²) in [7, 11) is 0. The number of anilines is 1. The van der Waals surface area contributed by atoms with Crippen molar-refractivity contribution in [1.29, 1.82) is 0 Å². The van der Waals surface area contributed by atoms with Crippen LogP contribution in [0.1, 0.15) is 19.8 Å². The minimum atomic E-state index is -0.0857. The summed E-state index contributed by atoms with van der Waals surface area (Å²) in [5.74, 6) is 1.33. The van der Waals surface area contributed by atoms with Gasteiger partial charge < -0.3 is 10.1 Å². The predicted molar refractivity (Wildman–Crippen MR) is 57.8 cm³/mol. The van der Waals surface area contributed by atoms with E-state index in [1.807, 2.05) is 0 Å². The van der Waals surface area contributed by atoms with Crippen LogP contribution >= 0.6 is 0 Å². The molecule has 1 aliphatic carbocycles. The molecule has 1 aromatic carbocycles. The summed E-state index contributed by atoms with van der Waals surface area (Å²) in [6.45, 7) is 2.23. The van der Waals surface area contributed by atoms with Crippen LogP contribution in [0, 0.1) is 12.0 Å². The van der Waals surface area contributed by atoms with Crippen molar-refractivity contribution in [3.8, 4) is 5.75 Å². The number of benzene rings is 1. The zero-order chi connectivity index (χ0) is 10.7. The molecule has 3 heteroatoms. The van der Waals surface area contributed by atoms with Gasteiger partial charge in [-0.3, -0.25) is 4.79 Å². The molecular weight excluding hydrogens is 190 g/mol. The fraction of sp³-hybridized carbons (Fsp3) is 0.417. The second-order valence-electron chi connectivity index (χ2n) is 3.86. The molecule has 1 fully saturated rings. The third-order valence-corrected chi connectivity index (χ3v) is 2.31. The van der Waals surface area contributed by atoms with Gasteiger partial charge in [-0.15, -0.1) is 0 Å². The molecule has 1 N–H and O–H groups in total. The van der Waals surface area contributed by atoms with Gasteiger partial charge in [0.25, 0.3) is 0 Å². The highest BCUT2D eigenvalue weighted by atomic mass is 16.5. The van der Waals surface area contributed by atoms with Crippen LogP contribution in [0.15, 0.2) is 18.2 Å². The van der Waals surface area contributed by atoms with E-state index < -0.39 is 0 Å². The van der Waals surface area contributed by atoms with E-state index in [4.69, 9.17) is 4.74 Å². The van der Waals surface area contributed by atoms with Crippen LogP contribution in [0.4, 0.5) is 5.69 Å². The van der Waals surface area contributed by atoms with Gasteiger partial charge in [-0.05, 0) is 37.0 Å². The molecule has 0 bridgehead atoms. The van der Waals surface area contributed by atoms with E-state index in [1.165, 1.54) is 19.8 Å². The molecular formula is C12H14NO2. The molecule has 0 saturated heterocycles. The summed E-state index contributed by atoms with van der Waals surface area (Å²) in [5.41, 5.74) is 0.724. The summed E-state index contributed by atoms with van der Waals surface area (Å²) in [6, 6.07) is 8.25. The highest BCUT2D eigenvalue weighted by molar-refractivity contribution is 5.90. The lowest BCUT2D eigenvalue weighted by atomic mass is 10.3. The molecule has 1 saturated carbocycles. The van der Waals surface area contributed by atoms with Crippen molar-refractivity contribution in [3.63, 3.8) is 0 Å². The third-order valence-electron chi connectivity index (χ3n) is 2.31. The van der Waals surface area contributed by atoms with Gasteiger partial charge >= 0.3 is 0 Å². The molecule has 15 heavy (non-hydrogen) atoms. The van der Waals surface area contributed by atoms with Gasteiger partial charge in [0.05, 0.1) is 12.3 Å². The van der Waals surface area contributed by atoms with Crippen molar-refractivity contribution >= 4 is 11.6 Å². The fourth-order valence-electron chi connectivity index (χ4n) is 1.32. The lowest BCUT2D eigenvalue weighted by molar-refractivity contribution is -0.114. The van der Waals surface area contributed by atoms with Gasteiger partial charge in [0.15, 0.2) is 0 Å². The van der Waals surface area contributed by atoms with Gasteiger partial charge in [-0.2, -0.15) is 0 Å². The quantitative estimate of drug-likeness (QED) is 0.816. The molecule has 1 amide bonds. The Balaban J connectivity index is 2.02. The monoisotopic (exact) mass is 204 g/mol. The van der Waals surface area contributed by atoms with Crippen molar-refractivity contribution in [2.45, 2.75) is 19.8 Å². The van der Waals surface area contributed by atoms with Crippen LogP contribution in [0.2, 0.25) is 0 Å². The van der Waals surface area contributed by atoms with Crippen molar-refractivity contribution in [1.82, 2.24) is 0 Å². The van der Waals surface area contributed by atoms with Gasteiger partial charge in [0.2, 0.25) is 5.91 Å². The number of hydrogen-bond acceptors (Lipinski definition) is 2. The topological polar surface area (TPSA) is 38.3 Å². The van der Waals surface area contributed by atoms with E-state index in [2.05, 4.69) is 11.4 Å². The van der Waals surface area contributed by atoms with Crippen LogP contribution < -0.4 is 10.1 Å². The van der Waals surface area contributed by atoms with Gasteiger partial charge in [-0.25, -0.2) is 0 Å². The summed E-state index contributed by atoms with van der Waals surface area (Å²) in [5, 5.41) is 2.73.